The summed E-state index contributed by atoms with van der Waals surface area (Å²) in [7, 11) is 0. The fourth-order valence-corrected chi connectivity index (χ4v) is 2.49. The van der Waals surface area contributed by atoms with Gasteiger partial charge in [0.2, 0.25) is 0 Å². The zero-order valence-corrected chi connectivity index (χ0v) is 7.32. The van der Waals surface area contributed by atoms with Crippen LogP contribution in [0.15, 0.2) is 0 Å². The van der Waals surface area contributed by atoms with E-state index in [0.29, 0.717) is 5.54 Å². The van der Waals surface area contributed by atoms with E-state index in [1.807, 2.05) is 0 Å². The van der Waals surface area contributed by atoms with Crippen LogP contribution >= 0.6 is 0 Å². The third kappa shape index (κ3) is 1.42. The molecule has 2 nitrogen and oxygen atoms in total. The molecule has 0 amide bonds. The number of hydrogen-bond acceptors (Lipinski definition) is 2. The fraction of sp³-hybridized carbons (Fsp3) is 1.00. The minimum absolute atomic E-state index is 0.484. The van der Waals surface area contributed by atoms with E-state index in [-0.39, 0.29) is 0 Å². The molecular formula is C9H18N2. The van der Waals surface area contributed by atoms with Crippen molar-refractivity contribution >= 4 is 0 Å². The first-order valence-corrected chi connectivity index (χ1v) is 4.77. The molecule has 2 heteroatoms. The molecule has 11 heavy (non-hydrogen) atoms. The average molecular weight is 154 g/mol. The Morgan fingerprint density at radius 1 is 1.36 bits per heavy atom. The Labute approximate surface area is 68.7 Å². The Balaban J connectivity index is 2.00. The molecule has 2 heterocycles. The number of hydrogen-bond donors (Lipinski definition) is 2. The molecule has 2 aliphatic rings. The van der Waals surface area contributed by atoms with E-state index < -0.39 is 0 Å². The highest BCUT2D eigenvalue weighted by molar-refractivity contribution is 4.98. The van der Waals surface area contributed by atoms with Crippen molar-refractivity contribution < 1.29 is 0 Å². The Bertz CT molecular complexity index is 138. The van der Waals surface area contributed by atoms with Crippen LogP contribution in [0, 0.1) is 5.92 Å². The predicted molar refractivity (Wildman–Crippen MR) is 46.6 cm³/mol. The molecule has 0 aromatic carbocycles. The van der Waals surface area contributed by atoms with Gasteiger partial charge in [-0.05, 0) is 38.3 Å². The van der Waals surface area contributed by atoms with Crippen LogP contribution in [0.2, 0.25) is 0 Å². The first kappa shape index (κ1) is 7.56. The van der Waals surface area contributed by atoms with Crippen molar-refractivity contribution in [1.29, 1.82) is 0 Å². The lowest BCUT2D eigenvalue weighted by Gasteiger charge is -2.37. The molecule has 2 rings (SSSR count). The Morgan fingerprint density at radius 3 is 2.91 bits per heavy atom. The summed E-state index contributed by atoms with van der Waals surface area (Å²) in [4.78, 5) is 0. The van der Waals surface area contributed by atoms with Crippen LogP contribution in [0.1, 0.15) is 26.2 Å². The maximum Gasteiger partial charge on any atom is 0.0320 e. The van der Waals surface area contributed by atoms with Crippen molar-refractivity contribution in [2.75, 3.05) is 19.6 Å². The smallest absolute Gasteiger partial charge is 0.0320 e. The highest BCUT2D eigenvalue weighted by atomic mass is 15.1. The summed E-state index contributed by atoms with van der Waals surface area (Å²) in [5.74, 6) is 0.927. The van der Waals surface area contributed by atoms with E-state index in [1.165, 1.54) is 38.9 Å². The van der Waals surface area contributed by atoms with Crippen LogP contribution in [0.3, 0.4) is 0 Å². The molecule has 0 radical (unpaired) electrons. The molecule has 0 bridgehead atoms. The summed E-state index contributed by atoms with van der Waals surface area (Å²) in [6.07, 6.45) is 4.07. The third-order valence-electron chi connectivity index (χ3n) is 3.12. The van der Waals surface area contributed by atoms with Crippen molar-refractivity contribution in [2.45, 2.75) is 31.7 Å². The summed E-state index contributed by atoms with van der Waals surface area (Å²) < 4.78 is 0. The van der Waals surface area contributed by atoms with Gasteiger partial charge in [0.15, 0.2) is 0 Å². The highest BCUT2D eigenvalue weighted by Gasteiger charge is 2.36. The Morgan fingerprint density at radius 2 is 2.27 bits per heavy atom. The second-order valence-electron chi connectivity index (χ2n) is 4.23. The maximum atomic E-state index is 3.66. The van der Waals surface area contributed by atoms with Gasteiger partial charge in [0.25, 0.3) is 0 Å². The zero-order valence-electron chi connectivity index (χ0n) is 7.32. The molecule has 0 aromatic heterocycles. The minimum Gasteiger partial charge on any atom is -0.315 e. The van der Waals surface area contributed by atoms with E-state index >= 15 is 0 Å². The monoisotopic (exact) mass is 154 g/mol. The second kappa shape index (κ2) is 2.76. The van der Waals surface area contributed by atoms with Crippen molar-refractivity contribution in [3.63, 3.8) is 0 Å². The lowest BCUT2D eigenvalue weighted by molar-refractivity contribution is 0.223. The lowest BCUT2D eigenvalue weighted by atomic mass is 9.82. The summed E-state index contributed by atoms with van der Waals surface area (Å²) in [6, 6.07) is 0. The van der Waals surface area contributed by atoms with E-state index in [1.54, 1.807) is 0 Å². The zero-order chi connectivity index (χ0) is 7.73. The molecule has 0 aromatic rings. The van der Waals surface area contributed by atoms with Crippen molar-refractivity contribution in [3.8, 4) is 0 Å². The van der Waals surface area contributed by atoms with Crippen molar-refractivity contribution in [1.82, 2.24) is 10.6 Å². The predicted octanol–water partition coefficient (Wildman–Crippen LogP) is 0.738. The fourth-order valence-electron chi connectivity index (χ4n) is 2.49. The number of piperidine rings is 1. The van der Waals surface area contributed by atoms with Crippen LogP contribution in [0.5, 0.6) is 0 Å². The highest BCUT2D eigenvalue weighted by Crippen LogP contribution is 2.28. The molecule has 1 spiro atoms. The average Bonchev–Trinajstić information content (AvgIpc) is 2.37. The van der Waals surface area contributed by atoms with Crippen molar-refractivity contribution in [2.24, 2.45) is 5.92 Å². The van der Waals surface area contributed by atoms with E-state index in [2.05, 4.69) is 17.6 Å². The molecule has 2 saturated heterocycles. The van der Waals surface area contributed by atoms with Crippen LogP contribution in [-0.2, 0) is 0 Å². The summed E-state index contributed by atoms with van der Waals surface area (Å²) >= 11 is 0. The van der Waals surface area contributed by atoms with Gasteiger partial charge in [0.1, 0.15) is 0 Å². The van der Waals surface area contributed by atoms with E-state index in [4.69, 9.17) is 0 Å². The van der Waals surface area contributed by atoms with Gasteiger partial charge in [0, 0.05) is 12.1 Å². The van der Waals surface area contributed by atoms with E-state index in [0.717, 1.165) is 5.92 Å². The molecule has 2 fully saturated rings. The van der Waals surface area contributed by atoms with E-state index in [9.17, 15) is 0 Å². The van der Waals surface area contributed by atoms with Gasteiger partial charge in [-0.25, -0.2) is 0 Å². The Hall–Kier alpha value is -0.0800. The van der Waals surface area contributed by atoms with Gasteiger partial charge in [0.05, 0.1) is 0 Å². The van der Waals surface area contributed by atoms with Gasteiger partial charge in [-0.3, -0.25) is 0 Å². The van der Waals surface area contributed by atoms with Crippen LogP contribution in [0.25, 0.3) is 0 Å². The number of rotatable bonds is 0. The van der Waals surface area contributed by atoms with Gasteiger partial charge < -0.3 is 10.6 Å². The molecule has 64 valence electrons. The molecular weight excluding hydrogens is 136 g/mol. The minimum atomic E-state index is 0.484. The topological polar surface area (TPSA) is 24.1 Å². The largest absolute Gasteiger partial charge is 0.315 e. The molecule has 2 unspecified atom stereocenters. The maximum absolute atomic E-state index is 3.66. The SMILES string of the molecule is CC1CCNC2(CCNC2)C1. The van der Waals surface area contributed by atoms with Crippen LogP contribution in [0.4, 0.5) is 0 Å². The molecule has 2 aliphatic heterocycles. The summed E-state index contributed by atoms with van der Waals surface area (Å²) in [5, 5.41) is 7.10. The summed E-state index contributed by atoms with van der Waals surface area (Å²) in [6.45, 7) is 6.00. The quantitative estimate of drug-likeness (QED) is 0.538. The lowest BCUT2D eigenvalue weighted by Crippen LogP contribution is -2.52. The van der Waals surface area contributed by atoms with Gasteiger partial charge in [-0.15, -0.1) is 0 Å². The van der Waals surface area contributed by atoms with Gasteiger partial charge in [-0.2, -0.15) is 0 Å². The molecule has 2 atom stereocenters. The van der Waals surface area contributed by atoms with Crippen molar-refractivity contribution in [3.05, 3.63) is 0 Å². The molecule has 0 aliphatic carbocycles. The standard InChI is InChI=1S/C9H18N2/c1-8-2-4-11-9(6-8)3-5-10-7-9/h8,10-11H,2-7H2,1H3. The van der Waals surface area contributed by atoms with Crippen LogP contribution < -0.4 is 10.6 Å². The number of nitrogens with one attached hydrogen (secondary N) is 2. The normalized spacial score (nSPS) is 45.0. The third-order valence-corrected chi connectivity index (χ3v) is 3.12. The summed E-state index contributed by atoms with van der Waals surface area (Å²) in [5.41, 5.74) is 0.484. The molecule has 2 N–H and O–H groups in total. The first-order chi connectivity index (χ1) is 5.31. The van der Waals surface area contributed by atoms with Gasteiger partial charge in [-0.1, -0.05) is 6.92 Å². The second-order valence-corrected chi connectivity index (χ2v) is 4.23. The molecule has 0 saturated carbocycles. The first-order valence-electron chi connectivity index (χ1n) is 4.77. The Kier molecular flexibility index (Phi) is 1.90. The van der Waals surface area contributed by atoms with Crippen LogP contribution in [-0.4, -0.2) is 25.2 Å². The van der Waals surface area contributed by atoms with Gasteiger partial charge >= 0.3 is 0 Å².